The summed E-state index contributed by atoms with van der Waals surface area (Å²) < 4.78 is 19.9. The first-order valence-corrected chi connectivity index (χ1v) is 7.28. The van der Waals surface area contributed by atoms with Crippen molar-refractivity contribution < 1.29 is 13.9 Å². The SMILES string of the molecule is CC(C#N)CN(C(=O)OC(C)(C)C)c1ccc(Br)cc1F. The number of amides is 1. The van der Waals surface area contributed by atoms with Gasteiger partial charge in [-0.2, -0.15) is 5.26 Å². The molecule has 0 saturated carbocycles. The fourth-order valence-corrected chi connectivity index (χ4v) is 1.94. The average Bonchev–Trinajstić information content (AvgIpc) is 2.34. The third-order valence-electron chi connectivity index (χ3n) is 2.49. The van der Waals surface area contributed by atoms with E-state index in [0.29, 0.717) is 4.47 Å². The molecule has 0 fully saturated rings. The Labute approximate surface area is 132 Å². The second kappa shape index (κ2) is 6.90. The van der Waals surface area contributed by atoms with Crippen molar-refractivity contribution in [3.63, 3.8) is 0 Å². The highest BCUT2D eigenvalue weighted by atomic mass is 79.9. The maximum Gasteiger partial charge on any atom is 0.414 e. The molecule has 1 atom stereocenters. The van der Waals surface area contributed by atoms with E-state index in [-0.39, 0.29) is 12.2 Å². The first-order chi connectivity index (χ1) is 9.64. The van der Waals surface area contributed by atoms with Gasteiger partial charge < -0.3 is 4.74 Å². The standard InChI is InChI=1S/C15H18BrFN2O2/c1-10(8-18)9-19(14(20)21-15(2,3)4)13-6-5-11(16)7-12(13)17/h5-7,10H,9H2,1-4H3. The molecule has 0 bridgehead atoms. The minimum Gasteiger partial charge on any atom is -0.443 e. The number of carbonyl (C=O) groups excluding carboxylic acids is 1. The van der Waals surface area contributed by atoms with E-state index in [0.717, 1.165) is 4.90 Å². The first kappa shape index (κ1) is 17.4. The molecule has 0 aliphatic heterocycles. The highest BCUT2D eigenvalue weighted by molar-refractivity contribution is 9.10. The Balaban J connectivity index is 3.13. The van der Waals surface area contributed by atoms with Crippen molar-refractivity contribution in [2.24, 2.45) is 5.92 Å². The molecule has 0 N–H and O–H groups in total. The Morgan fingerprint density at radius 1 is 1.52 bits per heavy atom. The molecule has 1 rings (SSSR count). The summed E-state index contributed by atoms with van der Waals surface area (Å²) in [6, 6.07) is 6.41. The predicted octanol–water partition coefficient (Wildman–Crippen LogP) is 4.49. The van der Waals surface area contributed by atoms with Crippen LogP contribution in [0.1, 0.15) is 27.7 Å². The van der Waals surface area contributed by atoms with Crippen molar-refractivity contribution in [1.82, 2.24) is 0 Å². The molecule has 0 aliphatic carbocycles. The van der Waals surface area contributed by atoms with E-state index in [1.165, 1.54) is 12.1 Å². The Morgan fingerprint density at radius 3 is 2.62 bits per heavy atom. The zero-order chi connectivity index (χ0) is 16.2. The maximum absolute atomic E-state index is 14.1. The maximum atomic E-state index is 14.1. The van der Waals surface area contributed by atoms with Crippen LogP contribution in [-0.4, -0.2) is 18.2 Å². The van der Waals surface area contributed by atoms with Crippen molar-refractivity contribution in [2.75, 3.05) is 11.4 Å². The van der Waals surface area contributed by atoms with Crippen molar-refractivity contribution >= 4 is 27.7 Å². The number of nitrogens with zero attached hydrogens (tertiary/aromatic N) is 2. The van der Waals surface area contributed by atoms with Gasteiger partial charge in [-0.25, -0.2) is 9.18 Å². The summed E-state index contributed by atoms with van der Waals surface area (Å²) in [6.45, 7) is 6.91. The Kier molecular flexibility index (Phi) is 5.73. The largest absolute Gasteiger partial charge is 0.443 e. The number of hydrogen-bond donors (Lipinski definition) is 0. The number of benzene rings is 1. The van der Waals surface area contributed by atoms with Gasteiger partial charge in [-0.1, -0.05) is 15.9 Å². The molecule has 1 aromatic rings. The summed E-state index contributed by atoms with van der Waals surface area (Å²) in [5.41, 5.74) is -0.605. The zero-order valence-corrected chi connectivity index (χ0v) is 14.1. The molecule has 1 aromatic carbocycles. The average molecular weight is 357 g/mol. The van der Waals surface area contributed by atoms with Crippen LogP contribution in [0.5, 0.6) is 0 Å². The molecule has 0 heterocycles. The van der Waals surface area contributed by atoms with Gasteiger partial charge in [0.15, 0.2) is 0 Å². The summed E-state index contributed by atoms with van der Waals surface area (Å²) in [5, 5.41) is 8.93. The Hall–Kier alpha value is -1.61. The normalized spacial score (nSPS) is 12.4. The number of halogens is 2. The van der Waals surface area contributed by atoms with Crippen molar-refractivity contribution in [3.05, 3.63) is 28.5 Å². The molecule has 0 aromatic heterocycles. The lowest BCUT2D eigenvalue weighted by Crippen LogP contribution is -2.39. The van der Waals surface area contributed by atoms with Crippen molar-refractivity contribution in [1.29, 1.82) is 5.26 Å². The zero-order valence-electron chi connectivity index (χ0n) is 12.5. The van der Waals surface area contributed by atoms with Gasteiger partial charge in [0.25, 0.3) is 0 Å². The number of rotatable bonds is 3. The van der Waals surface area contributed by atoms with Gasteiger partial charge >= 0.3 is 6.09 Å². The molecule has 0 radical (unpaired) electrons. The molecule has 1 amide bonds. The highest BCUT2D eigenvalue weighted by Gasteiger charge is 2.26. The van der Waals surface area contributed by atoms with E-state index in [1.807, 2.05) is 6.07 Å². The number of hydrogen-bond acceptors (Lipinski definition) is 3. The summed E-state index contributed by atoms with van der Waals surface area (Å²) in [4.78, 5) is 13.4. The van der Waals surface area contributed by atoms with Gasteiger partial charge in [-0.15, -0.1) is 0 Å². The van der Waals surface area contributed by atoms with Crippen LogP contribution in [0.4, 0.5) is 14.9 Å². The fraction of sp³-hybridized carbons (Fsp3) is 0.467. The second-order valence-corrected chi connectivity index (χ2v) is 6.63. The van der Waals surface area contributed by atoms with Crippen LogP contribution < -0.4 is 4.90 Å². The number of ether oxygens (including phenoxy) is 1. The third-order valence-corrected chi connectivity index (χ3v) is 2.98. The Bertz CT molecular complexity index is 564. The fourth-order valence-electron chi connectivity index (χ4n) is 1.60. The molecule has 4 nitrogen and oxygen atoms in total. The van der Waals surface area contributed by atoms with Crippen LogP contribution in [0.25, 0.3) is 0 Å². The molecule has 0 aliphatic rings. The third kappa shape index (κ3) is 5.35. The lowest BCUT2D eigenvalue weighted by atomic mass is 10.1. The topological polar surface area (TPSA) is 53.3 Å². The molecular weight excluding hydrogens is 339 g/mol. The van der Waals surface area contributed by atoms with Crippen LogP contribution >= 0.6 is 15.9 Å². The van der Waals surface area contributed by atoms with Gasteiger partial charge in [-0.3, -0.25) is 4.90 Å². The van der Waals surface area contributed by atoms with E-state index in [9.17, 15) is 9.18 Å². The highest BCUT2D eigenvalue weighted by Crippen LogP contribution is 2.25. The van der Waals surface area contributed by atoms with Gasteiger partial charge in [0.1, 0.15) is 11.4 Å². The van der Waals surface area contributed by atoms with E-state index < -0.39 is 23.4 Å². The van der Waals surface area contributed by atoms with Crippen LogP contribution in [0, 0.1) is 23.1 Å². The van der Waals surface area contributed by atoms with Crippen LogP contribution in [-0.2, 0) is 4.74 Å². The minimum atomic E-state index is -0.697. The molecule has 0 saturated heterocycles. The predicted molar refractivity (Wildman–Crippen MR) is 82.5 cm³/mol. The van der Waals surface area contributed by atoms with Gasteiger partial charge in [0, 0.05) is 11.0 Å². The second-order valence-electron chi connectivity index (χ2n) is 5.72. The lowest BCUT2D eigenvalue weighted by molar-refractivity contribution is 0.0576. The Morgan fingerprint density at radius 2 is 2.14 bits per heavy atom. The monoisotopic (exact) mass is 356 g/mol. The summed E-state index contributed by atoms with van der Waals surface area (Å²) >= 11 is 3.17. The van der Waals surface area contributed by atoms with Crippen LogP contribution in [0.2, 0.25) is 0 Å². The number of nitriles is 1. The molecule has 1 unspecified atom stereocenters. The summed E-state index contributed by atoms with van der Waals surface area (Å²) in [5.74, 6) is -0.999. The van der Waals surface area contributed by atoms with Gasteiger partial charge in [0.2, 0.25) is 0 Å². The molecule has 6 heteroatoms. The minimum absolute atomic E-state index is 0.0595. The lowest BCUT2D eigenvalue weighted by Gasteiger charge is -2.28. The molecule has 0 spiro atoms. The summed E-state index contributed by atoms with van der Waals surface area (Å²) in [7, 11) is 0. The van der Waals surface area contributed by atoms with E-state index in [4.69, 9.17) is 10.00 Å². The number of carbonyl (C=O) groups is 1. The van der Waals surface area contributed by atoms with E-state index in [1.54, 1.807) is 33.8 Å². The summed E-state index contributed by atoms with van der Waals surface area (Å²) in [6.07, 6.45) is -0.675. The first-order valence-electron chi connectivity index (χ1n) is 6.49. The van der Waals surface area contributed by atoms with Crippen LogP contribution in [0.15, 0.2) is 22.7 Å². The quantitative estimate of drug-likeness (QED) is 0.801. The van der Waals surface area contributed by atoms with Crippen LogP contribution in [0.3, 0.4) is 0 Å². The van der Waals surface area contributed by atoms with Gasteiger partial charge in [-0.05, 0) is 45.9 Å². The van der Waals surface area contributed by atoms with Gasteiger partial charge in [0.05, 0.1) is 17.7 Å². The molecular formula is C15H18BrFN2O2. The molecule has 21 heavy (non-hydrogen) atoms. The molecule has 114 valence electrons. The van der Waals surface area contributed by atoms with Crippen molar-refractivity contribution in [2.45, 2.75) is 33.3 Å². The van der Waals surface area contributed by atoms with E-state index in [2.05, 4.69) is 15.9 Å². The smallest absolute Gasteiger partial charge is 0.414 e. The van der Waals surface area contributed by atoms with E-state index >= 15 is 0 Å². The number of anilines is 1. The van der Waals surface area contributed by atoms with Crippen molar-refractivity contribution in [3.8, 4) is 6.07 Å².